The predicted octanol–water partition coefficient (Wildman–Crippen LogP) is 4.10. The Morgan fingerprint density at radius 3 is 2.64 bits per heavy atom. The first-order chi connectivity index (χ1) is 12.1. The molecule has 0 amide bonds. The van der Waals surface area contributed by atoms with E-state index >= 15 is 0 Å². The van der Waals surface area contributed by atoms with Gasteiger partial charge in [-0.05, 0) is 55.0 Å². The zero-order chi connectivity index (χ0) is 17.4. The van der Waals surface area contributed by atoms with Crippen LogP contribution >= 0.6 is 11.3 Å². The highest BCUT2D eigenvalue weighted by molar-refractivity contribution is 7.18. The number of hydrogen-bond acceptors (Lipinski definition) is 4. The van der Waals surface area contributed by atoms with Gasteiger partial charge in [0.2, 0.25) is 0 Å². The standard InChI is InChI=1S/C20H21N3OS/c1-23(2)14-10-7-13(8-11-14)9-12-17-21-19(24)18-15-5-3-4-6-16(15)25-20(18)22-17/h7-12H,3-6H2,1-2H3,(H,21,22,24)/b12-9+. The first kappa shape index (κ1) is 16.1. The first-order valence-corrected chi connectivity index (χ1v) is 9.43. The van der Waals surface area contributed by atoms with E-state index in [0.29, 0.717) is 5.82 Å². The van der Waals surface area contributed by atoms with Crippen LogP contribution in [0.15, 0.2) is 29.1 Å². The number of aromatic nitrogens is 2. The SMILES string of the molecule is CN(C)c1ccc(/C=C/c2nc3sc4c(c3c(=O)[nH]2)CCCC4)cc1. The lowest BCUT2D eigenvalue weighted by atomic mass is 9.97. The average molecular weight is 351 g/mol. The molecule has 0 radical (unpaired) electrons. The Labute approximate surface area is 150 Å². The second kappa shape index (κ2) is 6.48. The largest absolute Gasteiger partial charge is 0.378 e. The van der Waals surface area contributed by atoms with Gasteiger partial charge in [-0.1, -0.05) is 18.2 Å². The molecule has 2 heterocycles. The van der Waals surface area contributed by atoms with E-state index in [9.17, 15) is 4.79 Å². The van der Waals surface area contributed by atoms with Crippen molar-refractivity contribution in [3.63, 3.8) is 0 Å². The molecular formula is C20H21N3OS. The van der Waals surface area contributed by atoms with Gasteiger partial charge in [-0.25, -0.2) is 4.98 Å². The lowest BCUT2D eigenvalue weighted by molar-refractivity contribution is 0.700. The maximum atomic E-state index is 12.5. The van der Waals surface area contributed by atoms with Crippen molar-refractivity contribution in [3.05, 3.63) is 56.4 Å². The van der Waals surface area contributed by atoms with E-state index in [0.717, 1.165) is 34.3 Å². The number of fused-ring (bicyclic) bond motifs is 3. The van der Waals surface area contributed by atoms with Crippen molar-refractivity contribution >= 4 is 39.4 Å². The van der Waals surface area contributed by atoms with E-state index in [1.807, 2.05) is 26.2 Å². The van der Waals surface area contributed by atoms with Crippen LogP contribution in [0, 0.1) is 0 Å². The molecule has 0 bridgehead atoms. The minimum absolute atomic E-state index is 0.00740. The van der Waals surface area contributed by atoms with Crippen LogP contribution in [0.25, 0.3) is 22.4 Å². The Hall–Kier alpha value is -2.40. The first-order valence-electron chi connectivity index (χ1n) is 8.62. The maximum absolute atomic E-state index is 12.5. The molecule has 25 heavy (non-hydrogen) atoms. The number of rotatable bonds is 3. The molecule has 0 spiro atoms. The smallest absolute Gasteiger partial charge is 0.260 e. The number of anilines is 1. The van der Waals surface area contributed by atoms with Gasteiger partial charge in [0.25, 0.3) is 5.56 Å². The second-order valence-corrected chi connectivity index (χ2v) is 7.75. The van der Waals surface area contributed by atoms with Crippen LogP contribution in [0.1, 0.15) is 34.7 Å². The number of H-pyrrole nitrogens is 1. The third-order valence-electron chi connectivity index (χ3n) is 4.69. The number of hydrogen-bond donors (Lipinski definition) is 1. The van der Waals surface area contributed by atoms with E-state index in [2.05, 4.69) is 39.1 Å². The molecular weight excluding hydrogens is 330 g/mol. The molecule has 0 atom stereocenters. The topological polar surface area (TPSA) is 49.0 Å². The Morgan fingerprint density at radius 2 is 1.88 bits per heavy atom. The van der Waals surface area contributed by atoms with Crippen molar-refractivity contribution < 1.29 is 0 Å². The third kappa shape index (κ3) is 3.12. The van der Waals surface area contributed by atoms with Gasteiger partial charge in [-0.2, -0.15) is 0 Å². The molecule has 0 aliphatic heterocycles. The zero-order valence-corrected chi connectivity index (χ0v) is 15.3. The highest BCUT2D eigenvalue weighted by atomic mass is 32.1. The van der Waals surface area contributed by atoms with Crippen molar-refractivity contribution in [2.24, 2.45) is 0 Å². The van der Waals surface area contributed by atoms with Gasteiger partial charge in [0.1, 0.15) is 10.7 Å². The van der Waals surface area contributed by atoms with Gasteiger partial charge >= 0.3 is 0 Å². The molecule has 1 aromatic carbocycles. The average Bonchev–Trinajstić information content (AvgIpc) is 2.99. The number of nitrogens with zero attached hydrogens (tertiary/aromatic N) is 2. The lowest BCUT2D eigenvalue weighted by Gasteiger charge is -2.11. The summed E-state index contributed by atoms with van der Waals surface area (Å²) >= 11 is 1.68. The lowest BCUT2D eigenvalue weighted by Crippen LogP contribution is -2.11. The van der Waals surface area contributed by atoms with Crippen LogP contribution in [0.2, 0.25) is 0 Å². The van der Waals surface area contributed by atoms with Crippen LogP contribution in [0.4, 0.5) is 5.69 Å². The van der Waals surface area contributed by atoms with Crippen molar-refractivity contribution in [1.82, 2.24) is 9.97 Å². The molecule has 1 N–H and O–H groups in total. The van der Waals surface area contributed by atoms with Gasteiger partial charge in [-0.3, -0.25) is 4.79 Å². The predicted molar refractivity (Wildman–Crippen MR) is 107 cm³/mol. The fourth-order valence-electron chi connectivity index (χ4n) is 3.32. The fourth-order valence-corrected chi connectivity index (χ4v) is 4.59. The molecule has 0 fully saturated rings. The van der Waals surface area contributed by atoms with E-state index in [1.165, 1.54) is 23.3 Å². The Bertz CT molecular complexity index is 996. The molecule has 1 aliphatic carbocycles. The van der Waals surface area contributed by atoms with Crippen LogP contribution in [-0.2, 0) is 12.8 Å². The van der Waals surface area contributed by atoms with Crippen LogP contribution in [-0.4, -0.2) is 24.1 Å². The van der Waals surface area contributed by atoms with E-state index in [-0.39, 0.29) is 5.56 Å². The summed E-state index contributed by atoms with van der Waals surface area (Å²) in [6.45, 7) is 0. The summed E-state index contributed by atoms with van der Waals surface area (Å²) in [5, 5.41) is 0.812. The molecule has 128 valence electrons. The van der Waals surface area contributed by atoms with Gasteiger partial charge in [0.05, 0.1) is 5.39 Å². The van der Waals surface area contributed by atoms with E-state index in [1.54, 1.807) is 11.3 Å². The summed E-state index contributed by atoms with van der Waals surface area (Å²) in [4.78, 5) is 24.4. The molecule has 5 heteroatoms. The van der Waals surface area contributed by atoms with Crippen molar-refractivity contribution in [2.75, 3.05) is 19.0 Å². The second-order valence-electron chi connectivity index (χ2n) is 6.66. The maximum Gasteiger partial charge on any atom is 0.260 e. The number of thiophene rings is 1. The minimum atomic E-state index is -0.00740. The third-order valence-corrected chi connectivity index (χ3v) is 5.87. The quantitative estimate of drug-likeness (QED) is 0.773. The summed E-state index contributed by atoms with van der Waals surface area (Å²) in [5.74, 6) is 0.618. The molecule has 1 aliphatic rings. The molecule has 0 unspecified atom stereocenters. The highest BCUT2D eigenvalue weighted by Crippen LogP contribution is 2.33. The number of nitrogens with one attached hydrogen (secondary N) is 1. The summed E-state index contributed by atoms with van der Waals surface area (Å²) in [6.07, 6.45) is 8.34. The minimum Gasteiger partial charge on any atom is -0.378 e. The molecule has 4 rings (SSSR count). The number of aryl methyl sites for hydroxylation is 2. The van der Waals surface area contributed by atoms with Gasteiger partial charge in [-0.15, -0.1) is 11.3 Å². The summed E-state index contributed by atoms with van der Waals surface area (Å²) in [5.41, 5.74) is 3.47. The zero-order valence-electron chi connectivity index (χ0n) is 14.5. The normalized spacial score (nSPS) is 14.2. The van der Waals surface area contributed by atoms with Crippen molar-refractivity contribution in [2.45, 2.75) is 25.7 Å². The Morgan fingerprint density at radius 1 is 1.12 bits per heavy atom. The monoisotopic (exact) mass is 351 g/mol. The van der Waals surface area contributed by atoms with Gasteiger partial charge in [0, 0.05) is 24.7 Å². The van der Waals surface area contributed by atoms with Crippen LogP contribution in [0.3, 0.4) is 0 Å². The molecule has 4 nitrogen and oxygen atoms in total. The number of benzene rings is 1. The number of aromatic amines is 1. The van der Waals surface area contributed by atoms with Crippen LogP contribution in [0.5, 0.6) is 0 Å². The molecule has 0 saturated heterocycles. The van der Waals surface area contributed by atoms with E-state index < -0.39 is 0 Å². The van der Waals surface area contributed by atoms with E-state index in [4.69, 9.17) is 0 Å². The van der Waals surface area contributed by atoms with Crippen LogP contribution < -0.4 is 10.5 Å². The molecule has 3 aromatic rings. The molecule has 2 aromatic heterocycles. The van der Waals surface area contributed by atoms with Gasteiger partial charge in [0.15, 0.2) is 0 Å². The fraction of sp³-hybridized carbons (Fsp3) is 0.300. The Balaban J connectivity index is 1.66. The molecule has 0 saturated carbocycles. The summed E-state index contributed by atoms with van der Waals surface area (Å²) in [7, 11) is 4.05. The Kier molecular flexibility index (Phi) is 4.17. The summed E-state index contributed by atoms with van der Waals surface area (Å²) < 4.78 is 0. The van der Waals surface area contributed by atoms with Gasteiger partial charge < -0.3 is 9.88 Å². The van der Waals surface area contributed by atoms with Crippen molar-refractivity contribution in [3.8, 4) is 0 Å². The highest BCUT2D eigenvalue weighted by Gasteiger charge is 2.19. The summed E-state index contributed by atoms with van der Waals surface area (Å²) in [6, 6.07) is 8.28. The van der Waals surface area contributed by atoms with Crippen molar-refractivity contribution in [1.29, 1.82) is 0 Å².